The molecule has 3 nitrogen and oxygen atoms in total. The Kier molecular flexibility index (Phi) is 3.62. The lowest BCUT2D eigenvalue weighted by Gasteiger charge is -2.02. The summed E-state index contributed by atoms with van der Waals surface area (Å²) >= 11 is 1.81. The number of aliphatic imine (C=N–C) groups is 1. The van der Waals surface area contributed by atoms with Crippen LogP contribution in [0.15, 0.2) is 29.3 Å². The first-order chi connectivity index (χ1) is 7.79. The van der Waals surface area contributed by atoms with Crippen LogP contribution in [0.3, 0.4) is 0 Å². The van der Waals surface area contributed by atoms with Gasteiger partial charge in [-0.1, -0.05) is 12.1 Å². The Morgan fingerprint density at radius 3 is 2.75 bits per heavy atom. The minimum Gasteiger partial charge on any atom is -0.465 e. The Balaban J connectivity index is 2.04. The normalized spacial score (nSPS) is 14.7. The number of hydrogen-bond donors (Lipinski definition) is 0. The molecule has 0 radical (unpaired) electrons. The minimum atomic E-state index is -0.292. The van der Waals surface area contributed by atoms with Crippen molar-refractivity contribution in [3.8, 4) is 0 Å². The lowest BCUT2D eigenvalue weighted by atomic mass is 10.1. The zero-order chi connectivity index (χ0) is 11.4. The number of carbonyl (C=O) groups is 1. The lowest BCUT2D eigenvalue weighted by Crippen LogP contribution is -2.01. The van der Waals surface area contributed by atoms with Gasteiger partial charge in [0.2, 0.25) is 0 Å². The molecular weight excluding hydrogens is 222 g/mol. The predicted octanol–water partition coefficient (Wildman–Crippen LogP) is 2.16. The predicted molar refractivity (Wildman–Crippen MR) is 66.2 cm³/mol. The Morgan fingerprint density at radius 1 is 1.44 bits per heavy atom. The highest BCUT2D eigenvalue weighted by molar-refractivity contribution is 8.14. The third-order valence-corrected chi connectivity index (χ3v) is 3.37. The van der Waals surface area contributed by atoms with E-state index in [0.29, 0.717) is 5.56 Å². The van der Waals surface area contributed by atoms with Gasteiger partial charge in [-0.2, -0.15) is 0 Å². The van der Waals surface area contributed by atoms with Gasteiger partial charge >= 0.3 is 5.97 Å². The third kappa shape index (κ3) is 2.64. The maximum atomic E-state index is 11.2. The van der Waals surface area contributed by atoms with Gasteiger partial charge in [-0.25, -0.2) is 4.79 Å². The highest BCUT2D eigenvalue weighted by Crippen LogP contribution is 2.16. The summed E-state index contributed by atoms with van der Waals surface area (Å²) in [5.74, 6) is 0.800. The second-order valence-electron chi connectivity index (χ2n) is 3.49. The molecule has 0 saturated carbocycles. The first-order valence-electron chi connectivity index (χ1n) is 5.13. The summed E-state index contributed by atoms with van der Waals surface area (Å²) < 4.78 is 4.64. The number of thioether (sulfide) groups is 1. The van der Waals surface area contributed by atoms with Crippen LogP contribution in [0.25, 0.3) is 0 Å². The zero-order valence-electron chi connectivity index (χ0n) is 9.10. The van der Waals surface area contributed by atoms with E-state index in [9.17, 15) is 4.79 Å². The number of nitrogens with zero attached hydrogens (tertiary/aromatic N) is 1. The van der Waals surface area contributed by atoms with E-state index in [0.717, 1.165) is 18.7 Å². The Morgan fingerprint density at radius 2 is 2.19 bits per heavy atom. The molecule has 0 atom stereocenters. The molecule has 1 aromatic rings. The van der Waals surface area contributed by atoms with Crippen LogP contribution < -0.4 is 0 Å². The van der Waals surface area contributed by atoms with Gasteiger partial charge in [0, 0.05) is 18.7 Å². The zero-order valence-corrected chi connectivity index (χ0v) is 9.92. The van der Waals surface area contributed by atoms with E-state index in [4.69, 9.17) is 0 Å². The number of benzene rings is 1. The van der Waals surface area contributed by atoms with Crippen LogP contribution in [0, 0.1) is 0 Å². The molecule has 0 spiro atoms. The average Bonchev–Trinajstić information content (AvgIpc) is 2.82. The van der Waals surface area contributed by atoms with Crippen molar-refractivity contribution in [2.45, 2.75) is 6.42 Å². The third-order valence-electron chi connectivity index (χ3n) is 2.38. The highest BCUT2D eigenvalue weighted by atomic mass is 32.2. The molecule has 0 aromatic heterocycles. The number of carbonyl (C=O) groups excluding carboxylic acids is 1. The molecule has 1 aromatic carbocycles. The molecule has 1 aliphatic rings. The van der Waals surface area contributed by atoms with E-state index in [1.807, 2.05) is 23.9 Å². The average molecular weight is 235 g/mol. The van der Waals surface area contributed by atoms with Crippen molar-refractivity contribution in [3.05, 3.63) is 35.4 Å². The monoisotopic (exact) mass is 235 g/mol. The van der Waals surface area contributed by atoms with Gasteiger partial charge in [0.25, 0.3) is 0 Å². The SMILES string of the molecule is COC(=O)c1ccc(CC2=NCCS2)cc1. The van der Waals surface area contributed by atoms with E-state index in [1.165, 1.54) is 17.7 Å². The molecule has 0 bridgehead atoms. The van der Waals surface area contributed by atoms with Crippen LogP contribution in [0.4, 0.5) is 0 Å². The molecule has 16 heavy (non-hydrogen) atoms. The van der Waals surface area contributed by atoms with Crippen LogP contribution in [-0.4, -0.2) is 30.4 Å². The maximum Gasteiger partial charge on any atom is 0.337 e. The number of methoxy groups -OCH3 is 1. The Bertz CT molecular complexity index is 412. The summed E-state index contributed by atoms with van der Waals surface area (Å²) in [6, 6.07) is 7.49. The van der Waals surface area contributed by atoms with Crippen LogP contribution in [0.2, 0.25) is 0 Å². The smallest absolute Gasteiger partial charge is 0.337 e. The Hall–Kier alpha value is -1.29. The molecule has 0 N–H and O–H groups in total. The quantitative estimate of drug-likeness (QED) is 0.754. The van der Waals surface area contributed by atoms with Crippen molar-refractivity contribution in [1.82, 2.24) is 0 Å². The van der Waals surface area contributed by atoms with Gasteiger partial charge in [0.1, 0.15) is 0 Å². The molecular formula is C12H13NO2S. The number of rotatable bonds is 3. The van der Waals surface area contributed by atoms with Gasteiger partial charge in [0.15, 0.2) is 0 Å². The summed E-state index contributed by atoms with van der Waals surface area (Å²) in [4.78, 5) is 15.6. The van der Waals surface area contributed by atoms with Crippen molar-refractivity contribution in [1.29, 1.82) is 0 Å². The van der Waals surface area contributed by atoms with Gasteiger partial charge < -0.3 is 4.74 Å². The van der Waals surface area contributed by atoms with Gasteiger partial charge in [-0.15, -0.1) is 11.8 Å². The molecule has 2 rings (SSSR count). The van der Waals surface area contributed by atoms with Crippen molar-refractivity contribution in [2.24, 2.45) is 4.99 Å². The van der Waals surface area contributed by atoms with Crippen LogP contribution >= 0.6 is 11.8 Å². The molecule has 0 saturated heterocycles. The summed E-state index contributed by atoms with van der Waals surface area (Å²) in [6.07, 6.45) is 0.867. The number of esters is 1. The second-order valence-corrected chi connectivity index (χ2v) is 4.66. The highest BCUT2D eigenvalue weighted by Gasteiger charge is 2.09. The molecule has 0 unspecified atom stereocenters. The van der Waals surface area contributed by atoms with Crippen molar-refractivity contribution in [3.63, 3.8) is 0 Å². The largest absolute Gasteiger partial charge is 0.465 e. The van der Waals surface area contributed by atoms with Crippen molar-refractivity contribution < 1.29 is 9.53 Å². The first-order valence-corrected chi connectivity index (χ1v) is 6.11. The Labute approximate surface area is 98.9 Å². The van der Waals surface area contributed by atoms with E-state index in [-0.39, 0.29) is 5.97 Å². The van der Waals surface area contributed by atoms with Crippen LogP contribution in [-0.2, 0) is 11.2 Å². The van der Waals surface area contributed by atoms with Crippen molar-refractivity contribution in [2.75, 3.05) is 19.4 Å². The van der Waals surface area contributed by atoms with Gasteiger partial charge in [-0.05, 0) is 17.7 Å². The molecule has 0 fully saturated rings. The summed E-state index contributed by atoms with van der Waals surface area (Å²) in [5.41, 5.74) is 1.77. The van der Waals surface area contributed by atoms with E-state index >= 15 is 0 Å². The summed E-state index contributed by atoms with van der Waals surface area (Å²) in [5, 5.41) is 1.19. The van der Waals surface area contributed by atoms with Crippen molar-refractivity contribution >= 4 is 22.8 Å². The molecule has 84 valence electrons. The fourth-order valence-electron chi connectivity index (χ4n) is 1.54. The van der Waals surface area contributed by atoms with E-state index in [1.54, 1.807) is 12.1 Å². The molecule has 0 aliphatic carbocycles. The van der Waals surface area contributed by atoms with Gasteiger partial charge in [-0.3, -0.25) is 4.99 Å². The lowest BCUT2D eigenvalue weighted by molar-refractivity contribution is 0.0601. The molecule has 4 heteroatoms. The number of ether oxygens (including phenoxy) is 1. The fourth-order valence-corrected chi connectivity index (χ4v) is 2.41. The first kappa shape index (κ1) is 11.2. The number of hydrogen-bond acceptors (Lipinski definition) is 4. The molecule has 1 aliphatic heterocycles. The standard InChI is InChI=1S/C12H13NO2S/c1-15-12(14)10-4-2-9(3-5-10)8-11-13-6-7-16-11/h2-5H,6-8H2,1H3. The summed E-state index contributed by atoms with van der Waals surface area (Å²) in [7, 11) is 1.39. The topological polar surface area (TPSA) is 38.7 Å². The maximum absolute atomic E-state index is 11.2. The minimum absolute atomic E-state index is 0.292. The van der Waals surface area contributed by atoms with Gasteiger partial charge in [0.05, 0.1) is 17.7 Å². The summed E-state index contributed by atoms with van der Waals surface area (Å²) in [6.45, 7) is 0.931. The van der Waals surface area contributed by atoms with Crippen LogP contribution in [0.5, 0.6) is 0 Å². The molecule has 0 amide bonds. The van der Waals surface area contributed by atoms with E-state index in [2.05, 4.69) is 9.73 Å². The second kappa shape index (κ2) is 5.16. The van der Waals surface area contributed by atoms with E-state index < -0.39 is 0 Å². The van der Waals surface area contributed by atoms with Crippen LogP contribution in [0.1, 0.15) is 15.9 Å². The fraction of sp³-hybridized carbons (Fsp3) is 0.333. The molecule has 1 heterocycles.